The topological polar surface area (TPSA) is 50.4 Å². The fourth-order valence-corrected chi connectivity index (χ4v) is 2.78. The quantitative estimate of drug-likeness (QED) is 0.895. The largest absolute Gasteiger partial charge is 0.444 e. The number of oxazole rings is 1. The van der Waals surface area contributed by atoms with Crippen molar-refractivity contribution in [2.45, 2.75) is 39.8 Å². The minimum absolute atomic E-state index is 0.528. The van der Waals surface area contributed by atoms with E-state index in [1.165, 1.54) is 0 Å². The number of rotatable bonds is 4. The van der Waals surface area contributed by atoms with Gasteiger partial charge in [0.2, 0.25) is 5.89 Å². The maximum Gasteiger partial charge on any atom is 0.216 e. The van der Waals surface area contributed by atoms with E-state index in [4.69, 9.17) is 4.42 Å². The summed E-state index contributed by atoms with van der Waals surface area (Å²) in [6.07, 6.45) is 2.66. The minimum atomic E-state index is 0.528. The Hall–Kier alpha value is -0.970. The third-order valence-corrected chi connectivity index (χ3v) is 3.87. The van der Waals surface area contributed by atoms with E-state index in [9.17, 15) is 0 Å². The summed E-state index contributed by atoms with van der Waals surface area (Å²) < 4.78 is 5.51. The van der Waals surface area contributed by atoms with E-state index in [2.05, 4.69) is 36.1 Å². The zero-order valence-electron chi connectivity index (χ0n) is 10.6. The summed E-state index contributed by atoms with van der Waals surface area (Å²) in [6, 6.07) is 0.537. The molecule has 1 aromatic heterocycles. The van der Waals surface area contributed by atoms with Crippen LogP contribution < -0.4 is 5.32 Å². The van der Waals surface area contributed by atoms with Crippen molar-refractivity contribution in [2.75, 3.05) is 5.75 Å². The molecule has 2 heterocycles. The van der Waals surface area contributed by atoms with Crippen LogP contribution in [0.25, 0.3) is 0 Å². The summed E-state index contributed by atoms with van der Waals surface area (Å²) in [7, 11) is 0. The second-order valence-corrected chi connectivity index (χ2v) is 5.51. The number of aromatic nitrogens is 1. The smallest absolute Gasteiger partial charge is 0.216 e. The number of thioether (sulfide) groups is 1. The molecule has 1 aliphatic rings. The van der Waals surface area contributed by atoms with E-state index >= 15 is 0 Å². The van der Waals surface area contributed by atoms with Gasteiger partial charge in [-0.15, -0.1) is 0 Å². The van der Waals surface area contributed by atoms with Gasteiger partial charge in [0.05, 0.1) is 6.20 Å². The third-order valence-electron chi connectivity index (χ3n) is 2.82. The molecule has 1 aromatic rings. The highest BCUT2D eigenvalue weighted by Gasteiger charge is 2.22. The molecule has 1 fully saturated rings. The van der Waals surface area contributed by atoms with Gasteiger partial charge < -0.3 is 9.73 Å². The van der Waals surface area contributed by atoms with Crippen molar-refractivity contribution in [1.82, 2.24) is 10.3 Å². The van der Waals surface area contributed by atoms with Gasteiger partial charge in [-0.25, -0.2) is 4.98 Å². The molecule has 1 N–H and O–H groups in total. The Kier molecular flexibility index (Phi) is 4.10. The summed E-state index contributed by atoms with van der Waals surface area (Å²) in [5.74, 6) is 3.36. The lowest BCUT2D eigenvalue weighted by Crippen LogP contribution is -2.31. The van der Waals surface area contributed by atoms with Gasteiger partial charge in [0.25, 0.3) is 0 Å². The summed E-state index contributed by atoms with van der Waals surface area (Å²) in [5.41, 5.74) is 0. The van der Waals surface area contributed by atoms with E-state index in [1.807, 2.05) is 0 Å². The van der Waals surface area contributed by atoms with Crippen LogP contribution in [-0.2, 0) is 13.0 Å². The van der Waals surface area contributed by atoms with Crippen molar-refractivity contribution in [3.8, 4) is 0 Å². The van der Waals surface area contributed by atoms with Crippen molar-refractivity contribution < 1.29 is 4.42 Å². The molecule has 0 aliphatic carbocycles. The van der Waals surface area contributed by atoms with Crippen LogP contribution in [0, 0.1) is 5.92 Å². The Bertz CT molecular complexity index is 400. The molecular formula is C12H19N3OS. The first-order chi connectivity index (χ1) is 8.19. The molecule has 1 atom stereocenters. The Balaban J connectivity index is 1.89. The van der Waals surface area contributed by atoms with E-state index in [0.717, 1.165) is 23.1 Å². The molecule has 1 aliphatic heterocycles. The van der Waals surface area contributed by atoms with Crippen LogP contribution >= 0.6 is 11.8 Å². The first-order valence-corrected chi connectivity index (χ1v) is 7.05. The average molecular weight is 253 g/mol. The molecule has 1 unspecified atom stereocenters. The Morgan fingerprint density at radius 3 is 3.06 bits per heavy atom. The zero-order chi connectivity index (χ0) is 12.3. The molecule has 0 radical (unpaired) electrons. The first-order valence-electron chi connectivity index (χ1n) is 6.06. The summed E-state index contributed by atoms with van der Waals surface area (Å²) in [5, 5.41) is 4.44. The van der Waals surface area contributed by atoms with Gasteiger partial charge in [-0.05, 0) is 5.92 Å². The number of hydrogen-bond donors (Lipinski definition) is 1. The molecule has 0 saturated carbocycles. The fraction of sp³-hybridized carbons (Fsp3) is 0.667. The van der Waals surface area contributed by atoms with E-state index in [1.54, 1.807) is 18.0 Å². The standard InChI is InChI=1S/C12H19N3OS/c1-4-9-5-13-11(16-9)6-14-12-15-10(7-17-12)8(2)3/h5,8,10H,4,6-7H2,1-3H3,(H,14,15). The van der Waals surface area contributed by atoms with Crippen LogP contribution in [0.3, 0.4) is 0 Å². The summed E-state index contributed by atoms with van der Waals surface area (Å²) >= 11 is 1.78. The zero-order valence-corrected chi connectivity index (χ0v) is 11.4. The van der Waals surface area contributed by atoms with Crippen LogP contribution in [0.5, 0.6) is 0 Å². The molecule has 2 rings (SSSR count). The van der Waals surface area contributed by atoms with Gasteiger partial charge in [-0.1, -0.05) is 32.5 Å². The van der Waals surface area contributed by atoms with Crippen molar-refractivity contribution >= 4 is 16.9 Å². The van der Waals surface area contributed by atoms with Crippen LogP contribution in [0.1, 0.15) is 32.4 Å². The second kappa shape index (κ2) is 5.58. The van der Waals surface area contributed by atoms with Crippen molar-refractivity contribution in [1.29, 1.82) is 0 Å². The number of hydrogen-bond acceptors (Lipinski definition) is 4. The monoisotopic (exact) mass is 253 g/mol. The lowest BCUT2D eigenvalue weighted by Gasteiger charge is -2.12. The predicted molar refractivity (Wildman–Crippen MR) is 71.2 cm³/mol. The van der Waals surface area contributed by atoms with E-state index in [0.29, 0.717) is 24.4 Å². The first kappa shape index (κ1) is 12.5. The van der Waals surface area contributed by atoms with Gasteiger partial charge in [0.15, 0.2) is 5.17 Å². The Morgan fingerprint density at radius 2 is 2.47 bits per heavy atom. The summed E-state index contributed by atoms with van der Waals surface area (Å²) in [4.78, 5) is 8.68. The molecule has 5 heteroatoms. The summed E-state index contributed by atoms with van der Waals surface area (Å²) in [6.45, 7) is 7.03. The highest BCUT2D eigenvalue weighted by molar-refractivity contribution is 8.14. The fourth-order valence-electron chi connectivity index (χ4n) is 1.59. The van der Waals surface area contributed by atoms with Gasteiger partial charge in [0.1, 0.15) is 12.3 Å². The number of aliphatic imine (C=N–C) groups is 1. The molecule has 0 bridgehead atoms. The number of aryl methyl sites for hydroxylation is 1. The maximum atomic E-state index is 5.51. The van der Waals surface area contributed by atoms with Crippen LogP contribution in [0.2, 0.25) is 0 Å². The molecule has 0 amide bonds. The molecule has 0 aromatic carbocycles. The average Bonchev–Trinajstić information content (AvgIpc) is 2.95. The van der Waals surface area contributed by atoms with Crippen LogP contribution in [0.15, 0.2) is 15.6 Å². The van der Waals surface area contributed by atoms with Crippen molar-refractivity contribution in [3.63, 3.8) is 0 Å². The van der Waals surface area contributed by atoms with Crippen molar-refractivity contribution in [2.24, 2.45) is 10.9 Å². The van der Waals surface area contributed by atoms with Gasteiger partial charge >= 0.3 is 0 Å². The van der Waals surface area contributed by atoms with Gasteiger partial charge in [-0.2, -0.15) is 0 Å². The third kappa shape index (κ3) is 3.25. The maximum absolute atomic E-state index is 5.51. The minimum Gasteiger partial charge on any atom is -0.444 e. The molecule has 1 saturated heterocycles. The predicted octanol–water partition coefficient (Wildman–Crippen LogP) is 2.45. The van der Waals surface area contributed by atoms with Gasteiger partial charge in [0, 0.05) is 18.2 Å². The number of amidine groups is 1. The lowest BCUT2D eigenvalue weighted by molar-refractivity contribution is 0.460. The van der Waals surface area contributed by atoms with Crippen LogP contribution in [0.4, 0.5) is 0 Å². The van der Waals surface area contributed by atoms with Gasteiger partial charge in [-0.3, -0.25) is 4.99 Å². The molecule has 4 nitrogen and oxygen atoms in total. The molecule has 17 heavy (non-hydrogen) atoms. The number of nitrogens with zero attached hydrogens (tertiary/aromatic N) is 2. The number of nitrogens with one attached hydrogen (secondary N) is 1. The Labute approximate surface area is 106 Å². The second-order valence-electron chi connectivity index (χ2n) is 4.50. The lowest BCUT2D eigenvalue weighted by atomic mass is 10.1. The molecule has 0 spiro atoms. The van der Waals surface area contributed by atoms with Crippen LogP contribution in [-0.4, -0.2) is 21.9 Å². The molecular weight excluding hydrogens is 234 g/mol. The van der Waals surface area contributed by atoms with E-state index in [-0.39, 0.29) is 0 Å². The molecule has 94 valence electrons. The normalized spacial score (nSPS) is 22.4. The highest BCUT2D eigenvalue weighted by atomic mass is 32.2. The van der Waals surface area contributed by atoms with Crippen molar-refractivity contribution in [3.05, 3.63) is 17.8 Å². The Morgan fingerprint density at radius 1 is 1.65 bits per heavy atom. The SMILES string of the molecule is CCc1cnc(CN=C2NC(C(C)C)CS2)o1. The van der Waals surface area contributed by atoms with E-state index < -0.39 is 0 Å². The highest BCUT2D eigenvalue weighted by Crippen LogP contribution is 2.19.